The predicted octanol–water partition coefficient (Wildman–Crippen LogP) is 1.36. The van der Waals surface area contributed by atoms with Crippen molar-refractivity contribution in [2.45, 2.75) is 39.3 Å². The summed E-state index contributed by atoms with van der Waals surface area (Å²) in [5, 5.41) is 9.09. The molecule has 1 unspecified atom stereocenters. The lowest BCUT2D eigenvalue weighted by atomic mass is 10.1. The van der Waals surface area contributed by atoms with Gasteiger partial charge in [-0.15, -0.1) is 24.0 Å². The van der Waals surface area contributed by atoms with Crippen LogP contribution in [0.5, 0.6) is 0 Å². The molecule has 0 aliphatic carbocycles. The Morgan fingerprint density at radius 2 is 2.00 bits per heavy atom. The van der Waals surface area contributed by atoms with Gasteiger partial charge in [-0.05, 0) is 31.4 Å². The number of hydrogen-bond donors (Lipinski definition) is 3. The molecule has 1 aromatic carbocycles. The number of nitrogens with one attached hydrogen (secondary N) is 3. The first-order valence-electron chi connectivity index (χ1n) is 8.96. The van der Waals surface area contributed by atoms with Crippen LogP contribution >= 0.6 is 24.0 Å². The van der Waals surface area contributed by atoms with Crippen molar-refractivity contribution in [1.29, 1.82) is 0 Å². The molecule has 0 spiro atoms. The van der Waals surface area contributed by atoms with Gasteiger partial charge in [0.2, 0.25) is 5.91 Å². The summed E-state index contributed by atoms with van der Waals surface area (Å²) in [4.78, 5) is 16.5. The highest BCUT2D eigenvalue weighted by molar-refractivity contribution is 14.0. The van der Waals surface area contributed by atoms with Gasteiger partial charge in [0.1, 0.15) is 0 Å². The Morgan fingerprint density at radius 3 is 2.63 bits per heavy atom. The van der Waals surface area contributed by atoms with Gasteiger partial charge in [0, 0.05) is 25.6 Å². The van der Waals surface area contributed by atoms with Gasteiger partial charge in [-0.25, -0.2) is 13.4 Å². The van der Waals surface area contributed by atoms with E-state index >= 15 is 0 Å². The number of aryl methyl sites for hydroxylation is 1. The number of carbonyl (C=O) groups excluding carboxylic acids is 1. The van der Waals surface area contributed by atoms with Gasteiger partial charge < -0.3 is 16.0 Å². The molecule has 0 radical (unpaired) electrons. The first kappa shape index (κ1) is 23.7. The maximum atomic E-state index is 12.0. The van der Waals surface area contributed by atoms with Gasteiger partial charge in [-0.2, -0.15) is 0 Å². The quantitative estimate of drug-likeness (QED) is 0.294. The van der Waals surface area contributed by atoms with E-state index in [1.165, 1.54) is 5.56 Å². The Kier molecular flexibility index (Phi) is 10.1. The SMILES string of the molecule is CCNC(=NCc1ccccc1C)NCCC(=O)NC1CCS(=O)(=O)C1.I. The molecule has 0 bridgehead atoms. The van der Waals surface area contributed by atoms with Crippen molar-refractivity contribution in [2.75, 3.05) is 24.6 Å². The minimum absolute atomic E-state index is 0. The Labute approximate surface area is 178 Å². The molecule has 1 aliphatic rings. The highest BCUT2D eigenvalue weighted by Crippen LogP contribution is 2.11. The maximum Gasteiger partial charge on any atom is 0.222 e. The van der Waals surface area contributed by atoms with Gasteiger partial charge >= 0.3 is 0 Å². The molecule has 1 fully saturated rings. The standard InChI is InChI=1S/C18H28N4O3S.HI/c1-3-19-18(21-12-15-7-5-4-6-14(15)2)20-10-8-17(23)22-16-9-11-26(24,25)13-16;/h4-7,16H,3,8-13H2,1-2H3,(H,22,23)(H2,19,20,21);1H. The average molecular weight is 508 g/mol. The van der Waals surface area contributed by atoms with Crippen LogP contribution in [-0.4, -0.2) is 50.9 Å². The maximum absolute atomic E-state index is 12.0. The van der Waals surface area contributed by atoms with E-state index in [1.54, 1.807) is 0 Å². The minimum Gasteiger partial charge on any atom is -0.357 e. The number of guanidine groups is 1. The molecule has 1 saturated heterocycles. The number of amides is 1. The van der Waals surface area contributed by atoms with Crippen LogP contribution in [0.25, 0.3) is 0 Å². The molecule has 1 amide bonds. The van der Waals surface area contributed by atoms with Crippen molar-refractivity contribution < 1.29 is 13.2 Å². The van der Waals surface area contributed by atoms with Gasteiger partial charge in [0.25, 0.3) is 0 Å². The van der Waals surface area contributed by atoms with Gasteiger partial charge in [-0.3, -0.25) is 4.79 Å². The van der Waals surface area contributed by atoms with E-state index in [9.17, 15) is 13.2 Å². The minimum atomic E-state index is -2.98. The van der Waals surface area contributed by atoms with Crippen molar-refractivity contribution in [2.24, 2.45) is 4.99 Å². The Hall–Kier alpha value is -1.36. The summed E-state index contributed by atoms with van der Waals surface area (Å²) in [6.45, 7) is 5.77. The molecule has 27 heavy (non-hydrogen) atoms. The first-order chi connectivity index (χ1) is 12.4. The van der Waals surface area contributed by atoms with Gasteiger partial charge in [0.05, 0.1) is 18.1 Å². The third kappa shape index (κ3) is 8.46. The molecule has 0 saturated carbocycles. The summed E-state index contributed by atoms with van der Waals surface area (Å²) in [5.74, 6) is 0.722. The van der Waals surface area contributed by atoms with Crippen molar-refractivity contribution in [3.63, 3.8) is 0 Å². The first-order valence-corrected chi connectivity index (χ1v) is 10.8. The zero-order valence-electron chi connectivity index (χ0n) is 15.8. The molecule has 0 aromatic heterocycles. The van der Waals surface area contributed by atoms with Crippen molar-refractivity contribution >= 4 is 45.7 Å². The number of halogens is 1. The second kappa shape index (κ2) is 11.5. The number of nitrogens with zero attached hydrogens (tertiary/aromatic N) is 1. The van der Waals surface area contributed by atoms with E-state index in [-0.39, 0.29) is 53.9 Å². The number of benzene rings is 1. The van der Waals surface area contributed by atoms with Gasteiger partial charge in [-0.1, -0.05) is 24.3 Å². The fourth-order valence-electron chi connectivity index (χ4n) is 2.80. The highest BCUT2D eigenvalue weighted by atomic mass is 127. The van der Waals surface area contributed by atoms with Crippen LogP contribution < -0.4 is 16.0 Å². The fraction of sp³-hybridized carbons (Fsp3) is 0.556. The molecule has 1 aliphatic heterocycles. The normalized spacial score (nSPS) is 18.4. The second-order valence-electron chi connectivity index (χ2n) is 6.47. The number of aliphatic imine (C=N–C) groups is 1. The number of rotatable bonds is 7. The third-order valence-corrected chi connectivity index (χ3v) is 6.02. The fourth-order valence-corrected chi connectivity index (χ4v) is 4.47. The smallest absolute Gasteiger partial charge is 0.222 e. The molecule has 1 aromatic rings. The van der Waals surface area contributed by atoms with Crippen molar-refractivity contribution in [1.82, 2.24) is 16.0 Å². The van der Waals surface area contributed by atoms with Crippen molar-refractivity contribution in [3.8, 4) is 0 Å². The number of hydrogen-bond acceptors (Lipinski definition) is 4. The van der Waals surface area contributed by atoms with Crippen molar-refractivity contribution in [3.05, 3.63) is 35.4 Å². The lowest BCUT2D eigenvalue weighted by Gasteiger charge is -2.13. The van der Waals surface area contributed by atoms with Crippen LogP contribution in [0.4, 0.5) is 0 Å². The van der Waals surface area contributed by atoms with Crippen LogP contribution in [0.15, 0.2) is 29.3 Å². The van der Waals surface area contributed by atoms with E-state index in [0.29, 0.717) is 25.5 Å². The molecule has 7 nitrogen and oxygen atoms in total. The zero-order chi connectivity index (χ0) is 19.0. The zero-order valence-corrected chi connectivity index (χ0v) is 19.0. The summed E-state index contributed by atoms with van der Waals surface area (Å²) >= 11 is 0. The monoisotopic (exact) mass is 508 g/mol. The highest BCUT2D eigenvalue weighted by Gasteiger charge is 2.28. The topological polar surface area (TPSA) is 99.7 Å². The lowest BCUT2D eigenvalue weighted by Crippen LogP contribution is -2.41. The summed E-state index contributed by atoms with van der Waals surface area (Å²) in [6, 6.07) is 7.84. The lowest BCUT2D eigenvalue weighted by molar-refractivity contribution is -0.121. The number of sulfone groups is 1. The molecule has 1 atom stereocenters. The summed E-state index contributed by atoms with van der Waals surface area (Å²) in [5.41, 5.74) is 2.35. The molecule has 9 heteroatoms. The second-order valence-corrected chi connectivity index (χ2v) is 8.69. The van der Waals surface area contributed by atoms with Crippen LogP contribution in [0, 0.1) is 6.92 Å². The van der Waals surface area contributed by atoms with Crippen LogP contribution in [0.3, 0.4) is 0 Å². The Bertz CT molecular complexity index is 753. The van der Waals surface area contributed by atoms with E-state index in [0.717, 1.165) is 12.1 Å². The van der Waals surface area contributed by atoms with Crippen LogP contribution in [-0.2, 0) is 21.2 Å². The number of carbonyl (C=O) groups is 1. The Balaban J connectivity index is 0.00000364. The van der Waals surface area contributed by atoms with Crippen LogP contribution in [0.2, 0.25) is 0 Å². The molecule has 2 rings (SSSR count). The van der Waals surface area contributed by atoms with Crippen LogP contribution in [0.1, 0.15) is 30.9 Å². The molecular weight excluding hydrogens is 479 g/mol. The summed E-state index contributed by atoms with van der Waals surface area (Å²) in [7, 11) is -2.98. The average Bonchev–Trinajstić information content (AvgIpc) is 2.92. The van der Waals surface area contributed by atoms with E-state index in [2.05, 4.69) is 33.9 Å². The predicted molar refractivity (Wildman–Crippen MR) is 119 cm³/mol. The largest absolute Gasteiger partial charge is 0.357 e. The summed E-state index contributed by atoms with van der Waals surface area (Å²) < 4.78 is 22.8. The molecule has 1 heterocycles. The van der Waals surface area contributed by atoms with E-state index in [4.69, 9.17) is 0 Å². The van der Waals surface area contributed by atoms with E-state index in [1.807, 2.05) is 25.1 Å². The Morgan fingerprint density at radius 1 is 1.26 bits per heavy atom. The van der Waals surface area contributed by atoms with Gasteiger partial charge in [0.15, 0.2) is 15.8 Å². The molecule has 152 valence electrons. The van der Waals surface area contributed by atoms with E-state index < -0.39 is 9.84 Å². The molecule has 3 N–H and O–H groups in total. The summed E-state index contributed by atoms with van der Waals surface area (Å²) in [6.07, 6.45) is 0.771. The third-order valence-electron chi connectivity index (χ3n) is 4.26. The molecular formula is C18H29IN4O3S.